The van der Waals surface area contributed by atoms with Crippen LogP contribution in [0.1, 0.15) is 12.5 Å². The maximum absolute atomic E-state index is 10.5. The summed E-state index contributed by atoms with van der Waals surface area (Å²) < 4.78 is 5.05. The normalized spacial score (nSPS) is 12.4. The lowest BCUT2D eigenvalue weighted by Gasteiger charge is -2.09. The quantitative estimate of drug-likeness (QED) is 0.776. The molecule has 1 atom stereocenters. The topological polar surface area (TPSA) is 46.5 Å². The summed E-state index contributed by atoms with van der Waals surface area (Å²) in [6.45, 7) is 2.81. The molecule has 0 aliphatic carbocycles. The third-order valence-corrected chi connectivity index (χ3v) is 3.10. The minimum atomic E-state index is -0.798. The molecule has 0 aromatic heterocycles. The van der Waals surface area contributed by atoms with Crippen LogP contribution in [0.3, 0.4) is 0 Å². The van der Waals surface area contributed by atoms with Crippen molar-refractivity contribution in [2.75, 3.05) is 13.7 Å². The molecular weight excluding hydrogens is 224 g/mol. The van der Waals surface area contributed by atoms with Crippen molar-refractivity contribution in [3.63, 3.8) is 0 Å². The van der Waals surface area contributed by atoms with Crippen LogP contribution < -0.4 is 0 Å². The van der Waals surface area contributed by atoms with Crippen LogP contribution in [0.2, 0.25) is 0 Å². The molecule has 0 unspecified atom stereocenters. The molecule has 0 saturated heterocycles. The molecule has 0 fully saturated rings. The second-order valence-electron chi connectivity index (χ2n) is 3.60. The monoisotopic (exact) mass is 240 g/mol. The van der Waals surface area contributed by atoms with Gasteiger partial charge in [-0.05, 0) is 17.7 Å². The lowest BCUT2D eigenvalue weighted by Crippen LogP contribution is -2.04. The zero-order valence-electron chi connectivity index (χ0n) is 9.47. The van der Waals surface area contributed by atoms with Crippen LogP contribution in [0.25, 0.3) is 0 Å². The molecule has 1 N–H and O–H groups in total. The average molecular weight is 240 g/mol. The van der Waals surface area contributed by atoms with Gasteiger partial charge in [-0.2, -0.15) is 0 Å². The van der Waals surface area contributed by atoms with E-state index in [-0.39, 0.29) is 6.42 Å². The van der Waals surface area contributed by atoms with E-state index in [1.807, 2.05) is 24.3 Å². The van der Waals surface area contributed by atoms with Gasteiger partial charge in [-0.3, -0.25) is 4.79 Å². The second-order valence-corrected chi connectivity index (χ2v) is 5.11. The summed E-state index contributed by atoms with van der Waals surface area (Å²) in [7, 11) is 1.69. The maximum atomic E-state index is 10.5. The van der Waals surface area contributed by atoms with Gasteiger partial charge in [0, 0.05) is 17.3 Å². The molecule has 1 aromatic carbocycles. The molecule has 0 aliphatic rings. The van der Waals surface area contributed by atoms with Gasteiger partial charge in [-0.15, -0.1) is 11.8 Å². The van der Waals surface area contributed by atoms with E-state index >= 15 is 0 Å². The van der Waals surface area contributed by atoms with Crippen molar-refractivity contribution in [2.24, 2.45) is 0 Å². The first kappa shape index (κ1) is 13.1. The Morgan fingerprint density at radius 3 is 2.56 bits per heavy atom. The minimum absolute atomic E-state index is 0.0819. The van der Waals surface area contributed by atoms with Crippen LogP contribution in [0.15, 0.2) is 29.2 Å². The number of carbonyl (C=O) groups is 1. The van der Waals surface area contributed by atoms with E-state index in [2.05, 4.69) is 6.92 Å². The summed E-state index contributed by atoms with van der Waals surface area (Å²) in [6, 6.07) is 7.62. The summed E-state index contributed by atoms with van der Waals surface area (Å²) >= 11 is 1.72. The first-order valence-electron chi connectivity index (χ1n) is 5.08. The first-order chi connectivity index (χ1) is 7.61. The molecule has 0 heterocycles. The van der Waals surface area contributed by atoms with E-state index in [1.165, 1.54) is 0 Å². The molecule has 0 aliphatic heterocycles. The highest BCUT2D eigenvalue weighted by Crippen LogP contribution is 2.23. The average Bonchev–Trinajstić information content (AvgIpc) is 2.20. The van der Waals surface area contributed by atoms with Crippen molar-refractivity contribution in [1.82, 2.24) is 0 Å². The Bertz CT molecular complexity index is 335. The van der Waals surface area contributed by atoms with E-state index < -0.39 is 5.97 Å². The summed E-state index contributed by atoms with van der Waals surface area (Å²) in [4.78, 5) is 11.6. The zero-order chi connectivity index (χ0) is 12.0. The summed E-state index contributed by atoms with van der Waals surface area (Å²) in [5.74, 6) is -0.798. The van der Waals surface area contributed by atoms with Gasteiger partial charge in [-0.25, -0.2) is 0 Å². The van der Waals surface area contributed by atoms with Crippen molar-refractivity contribution in [2.45, 2.75) is 23.5 Å². The van der Waals surface area contributed by atoms with Gasteiger partial charge in [0.15, 0.2) is 0 Å². The summed E-state index contributed by atoms with van der Waals surface area (Å²) in [5.41, 5.74) is 0.830. The predicted octanol–water partition coefficient (Wildman–Crippen LogP) is 2.44. The molecule has 1 aromatic rings. The Balaban J connectivity index is 2.54. The van der Waals surface area contributed by atoms with Crippen LogP contribution in [-0.4, -0.2) is 30.0 Å². The molecule has 3 nitrogen and oxygen atoms in total. The van der Waals surface area contributed by atoms with Crippen molar-refractivity contribution in [1.29, 1.82) is 0 Å². The van der Waals surface area contributed by atoms with Gasteiger partial charge in [-0.1, -0.05) is 19.1 Å². The van der Waals surface area contributed by atoms with Crippen molar-refractivity contribution in [3.05, 3.63) is 29.8 Å². The molecule has 0 saturated carbocycles. The Kier molecular flexibility index (Phi) is 5.35. The van der Waals surface area contributed by atoms with E-state index in [9.17, 15) is 4.79 Å². The third-order valence-electron chi connectivity index (χ3n) is 2.02. The summed E-state index contributed by atoms with van der Waals surface area (Å²) in [6.07, 6.45) is 0.0819. The Morgan fingerprint density at radius 2 is 2.06 bits per heavy atom. The highest BCUT2D eigenvalue weighted by atomic mass is 32.2. The predicted molar refractivity (Wildman–Crippen MR) is 65.0 cm³/mol. The number of carboxylic acids is 1. The first-order valence-corrected chi connectivity index (χ1v) is 5.96. The number of thioether (sulfide) groups is 1. The van der Waals surface area contributed by atoms with Crippen LogP contribution >= 0.6 is 11.8 Å². The van der Waals surface area contributed by atoms with Crippen molar-refractivity contribution < 1.29 is 14.6 Å². The fraction of sp³-hybridized carbons (Fsp3) is 0.417. The fourth-order valence-corrected chi connectivity index (χ4v) is 2.32. The van der Waals surface area contributed by atoms with Crippen LogP contribution in [-0.2, 0) is 16.0 Å². The maximum Gasteiger partial charge on any atom is 0.307 e. The van der Waals surface area contributed by atoms with E-state index in [4.69, 9.17) is 9.84 Å². The number of rotatable bonds is 6. The Labute approximate surface area is 99.8 Å². The highest BCUT2D eigenvalue weighted by molar-refractivity contribution is 8.00. The van der Waals surface area contributed by atoms with Gasteiger partial charge in [0.05, 0.1) is 13.0 Å². The van der Waals surface area contributed by atoms with E-state index in [0.717, 1.165) is 10.5 Å². The zero-order valence-corrected chi connectivity index (χ0v) is 10.3. The molecule has 0 spiro atoms. The number of methoxy groups -OCH3 is 1. The molecule has 16 heavy (non-hydrogen) atoms. The lowest BCUT2D eigenvalue weighted by molar-refractivity contribution is -0.136. The van der Waals surface area contributed by atoms with Gasteiger partial charge >= 0.3 is 5.97 Å². The molecular formula is C12H16O3S. The van der Waals surface area contributed by atoms with Crippen LogP contribution in [0, 0.1) is 0 Å². The fourth-order valence-electron chi connectivity index (χ4n) is 1.36. The smallest absolute Gasteiger partial charge is 0.307 e. The molecule has 88 valence electrons. The van der Waals surface area contributed by atoms with Crippen molar-refractivity contribution in [3.8, 4) is 0 Å². The van der Waals surface area contributed by atoms with Crippen LogP contribution in [0.4, 0.5) is 0 Å². The number of hydrogen-bond donors (Lipinski definition) is 1. The number of ether oxygens (including phenoxy) is 1. The van der Waals surface area contributed by atoms with Gasteiger partial charge in [0.25, 0.3) is 0 Å². The van der Waals surface area contributed by atoms with Crippen LogP contribution in [0.5, 0.6) is 0 Å². The number of carboxylic acid groups (broad SMARTS) is 1. The van der Waals surface area contributed by atoms with Gasteiger partial charge in [0.2, 0.25) is 0 Å². The minimum Gasteiger partial charge on any atom is -0.481 e. The lowest BCUT2D eigenvalue weighted by atomic mass is 10.2. The van der Waals surface area contributed by atoms with Gasteiger partial charge in [0.1, 0.15) is 0 Å². The largest absolute Gasteiger partial charge is 0.481 e. The molecule has 0 radical (unpaired) electrons. The summed E-state index contributed by atoms with van der Waals surface area (Å²) in [5, 5.41) is 9.03. The standard InChI is InChI=1S/C12H16O3S/c1-9(8-15-2)16-11-5-3-10(4-6-11)7-12(13)14/h3-6,9H,7-8H2,1-2H3,(H,13,14)/t9-/m0/s1. The Hall–Kier alpha value is -1.00. The molecule has 0 amide bonds. The third kappa shape index (κ3) is 4.68. The van der Waals surface area contributed by atoms with Gasteiger partial charge < -0.3 is 9.84 Å². The van der Waals surface area contributed by atoms with E-state index in [1.54, 1.807) is 18.9 Å². The number of aliphatic carboxylic acids is 1. The number of benzene rings is 1. The Morgan fingerprint density at radius 1 is 1.44 bits per heavy atom. The van der Waals surface area contributed by atoms with E-state index in [0.29, 0.717) is 11.9 Å². The molecule has 1 rings (SSSR count). The number of hydrogen-bond acceptors (Lipinski definition) is 3. The second kappa shape index (κ2) is 6.55. The van der Waals surface area contributed by atoms with Crippen molar-refractivity contribution >= 4 is 17.7 Å². The molecule has 4 heteroatoms. The highest BCUT2D eigenvalue weighted by Gasteiger charge is 2.04. The SMILES string of the molecule is COC[C@H](C)Sc1ccc(CC(=O)O)cc1. The molecule has 0 bridgehead atoms.